The van der Waals surface area contributed by atoms with E-state index in [1.807, 2.05) is 13.8 Å². The van der Waals surface area contributed by atoms with Crippen molar-refractivity contribution < 1.29 is 18.3 Å². The highest BCUT2D eigenvalue weighted by atomic mass is 32.2. The summed E-state index contributed by atoms with van der Waals surface area (Å²) in [6.07, 6.45) is 2.79. The molecule has 2 N–H and O–H groups in total. The lowest BCUT2D eigenvalue weighted by Gasteiger charge is -2.16. The molecule has 0 radical (unpaired) electrons. The van der Waals surface area contributed by atoms with Crippen molar-refractivity contribution in [1.29, 1.82) is 0 Å². The predicted molar refractivity (Wildman–Crippen MR) is 69.2 cm³/mol. The third kappa shape index (κ3) is 3.77. The van der Waals surface area contributed by atoms with Gasteiger partial charge in [0.25, 0.3) is 10.0 Å². The number of aliphatic carboxylic acids is 1. The molecule has 0 fully saturated rings. The molecule has 0 saturated heterocycles. The molecule has 0 spiro atoms. The van der Waals surface area contributed by atoms with E-state index in [-0.39, 0.29) is 17.0 Å². The van der Waals surface area contributed by atoms with Crippen LogP contribution in [0.15, 0.2) is 17.6 Å². The Bertz CT molecular complexity index is 548. The van der Waals surface area contributed by atoms with Crippen molar-refractivity contribution >= 4 is 16.0 Å². The summed E-state index contributed by atoms with van der Waals surface area (Å²) in [5, 5.41) is 8.82. The van der Waals surface area contributed by atoms with E-state index in [0.717, 1.165) is 0 Å². The van der Waals surface area contributed by atoms with Gasteiger partial charge < -0.3 is 9.67 Å². The zero-order valence-electron chi connectivity index (χ0n) is 11.4. The third-order valence-electron chi connectivity index (χ3n) is 2.66. The summed E-state index contributed by atoms with van der Waals surface area (Å²) in [7, 11) is -3.92. The van der Waals surface area contributed by atoms with E-state index in [2.05, 4.69) is 9.71 Å². The van der Waals surface area contributed by atoms with Gasteiger partial charge in [0.2, 0.25) is 0 Å². The molecular formula is C11H19N3O4S. The Hall–Kier alpha value is -1.41. The highest BCUT2D eigenvalue weighted by molar-refractivity contribution is 7.89. The molecule has 8 heteroatoms. The van der Waals surface area contributed by atoms with Gasteiger partial charge in [-0.25, -0.2) is 13.4 Å². The van der Waals surface area contributed by atoms with Crippen LogP contribution in [0.1, 0.15) is 33.7 Å². The predicted octanol–water partition coefficient (Wildman–Crippen LogP) is 0.851. The number of carboxylic acids is 1. The Morgan fingerprint density at radius 2 is 1.95 bits per heavy atom. The summed E-state index contributed by atoms with van der Waals surface area (Å²) in [6.45, 7) is 7.04. The average molecular weight is 289 g/mol. The first-order chi connectivity index (χ1) is 8.65. The van der Waals surface area contributed by atoms with Crippen LogP contribution in [0.5, 0.6) is 0 Å². The van der Waals surface area contributed by atoms with Crippen molar-refractivity contribution in [2.75, 3.05) is 0 Å². The standard InChI is InChI=1S/C11H19N3O4S/c1-7(2)10(11(15)16)13-19(17,18)9-5-14(6-12-9)8(3)4/h5-8,10,13H,1-4H3,(H,15,16). The summed E-state index contributed by atoms with van der Waals surface area (Å²) in [6, 6.07) is -1.09. The van der Waals surface area contributed by atoms with Crippen molar-refractivity contribution in [2.45, 2.75) is 44.8 Å². The van der Waals surface area contributed by atoms with E-state index < -0.39 is 22.0 Å². The van der Waals surface area contributed by atoms with E-state index in [1.54, 1.807) is 18.4 Å². The molecule has 0 aliphatic heterocycles. The van der Waals surface area contributed by atoms with Gasteiger partial charge >= 0.3 is 5.97 Å². The molecule has 1 aromatic rings. The fraction of sp³-hybridized carbons (Fsp3) is 0.636. The second kappa shape index (κ2) is 5.70. The van der Waals surface area contributed by atoms with E-state index in [1.165, 1.54) is 12.5 Å². The van der Waals surface area contributed by atoms with Gasteiger partial charge in [-0.2, -0.15) is 4.72 Å². The minimum absolute atomic E-state index is 0.0804. The minimum Gasteiger partial charge on any atom is -0.480 e. The Morgan fingerprint density at radius 3 is 2.32 bits per heavy atom. The molecular weight excluding hydrogens is 270 g/mol. The lowest BCUT2D eigenvalue weighted by Crippen LogP contribution is -2.44. The molecule has 0 aliphatic rings. The molecule has 0 amide bonds. The maximum Gasteiger partial charge on any atom is 0.322 e. The summed E-state index contributed by atoms with van der Waals surface area (Å²) in [5.74, 6) is -1.57. The van der Waals surface area contributed by atoms with Gasteiger partial charge in [-0.1, -0.05) is 13.8 Å². The van der Waals surface area contributed by atoms with Gasteiger partial charge in [0, 0.05) is 12.2 Å². The first kappa shape index (κ1) is 15.6. The molecule has 1 unspecified atom stereocenters. The van der Waals surface area contributed by atoms with Crippen LogP contribution in [0.4, 0.5) is 0 Å². The molecule has 19 heavy (non-hydrogen) atoms. The van der Waals surface area contributed by atoms with Crippen LogP contribution in [-0.2, 0) is 14.8 Å². The molecule has 1 heterocycles. The third-order valence-corrected chi connectivity index (χ3v) is 3.99. The van der Waals surface area contributed by atoms with Crippen LogP contribution in [0.25, 0.3) is 0 Å². The SMILES string of the molecule is CC(C)C(NS(=O)(=O)c1cn(C(C)C)cn1)C(=O)O. The summed E-state index contributed by atoms with van der Waals surface area (Å²) in [5.41, 5.74) is 0. The summed E-state index contributed by atoms with van der Waals surface area (Å²) in [4.78, 5) is 14.8. The van der Waals surface area contributed by atoms with Gasteiger partial charge in [0.05, 0.1) is 6.33 Å². The molecule has 1 atom stereocenters. The number of hydrogen-bond donors (Lipinski definition) is 2. The molecule has 1 aromatic heterocycles. The maximum atomic E-state index is 12.0. The normalized spacial score (nSPS) is 14.0. The van der Waals surface area contributed by atoms with Gasteiger partial charge in [0.15, 0.2) is 5.03 Å². The van der Waals surface area contributed by atoms with Crippen LogP contribution >= 0.6 is 0 Å². The molecule has 0 saturated carbocycles. The van der Waals surface area contributed by atoms with E-state index in [9.17, 15) is 13.2 Å². The lowest BCUT2D eigenvalue weighted by molar-refractivity contribution is -0.140. The Morgan fingerprint density at radius 1 is 1.37 bits per heavy atom. The highest BCUT2D eigenvalue weighted by Crippen LogP contribution is 2.12. The number of aromatic nitrogens is 2. The molecule has 0 aliphatic carbocycles. The van der Waals surface area contributed by atoms with Gasteiger partial charge in [-0.15, -0.1) is 0 Å². The van der Waals surface area contributed by atoms with Crippen LogP contribution in [0.3, 0.4) is 0 Å². The molecule has 0 bridgehead atoms. The van der Waals surface area contributed by atoms with E-state index in [4.69, 9.17) is 5.11 Å². The quantitative estimate of drug-likeness (QED) is 0.808. The number of hydrogen-bond acceptors (Lipinski definition) is 4. The summed E-state index contributed by atoms with van der Waals surface area (Å²) < 4.78 is 27.9. The van der Waals surface area contributed by atoms with Crippen LogP contribution in [0.2, 0.25) is 0 Å². The minimum atomic E-state index is -3.92. The number of nitrogens with one attached hydrogen (secondary N) is 1. The number of rotatable bonds is 6. The van der Waals surface area contributed by atoms with Crippen molar-refractivity contribution in [3.63, 3.8) is 0 Å². The highest BCUT2D eigenvalue weighted by Gasteiger charge is 2.29. The van der Waals surface area contributed by atoms with Gasteiger partial charge in [-0.05, 0) is 19.8 Å². The van der Waals surface area contributed by atoms with Crippen molar-refractivity contribution in [1.82, 2.24) is 14.3 Å². The number of carbonyl (C=O) groups is 1. The fourth-order valence-corrected chi connectivity index (χ4v) is 2.71. The topological polar surface area (TPSA) is 101 Å². The Labute approximate surface area is 112 Å². The zero-order valence-corrected chi connectivity index (χ0v) is 12.2. The number of imidazole rings is 1. The van der Waals surface area contributed by atoms with Crippen LogP contribution < -0.4 is 4.72 Å². The molecule has 108 valence electrons. The smallest absolute Gasteiger partial charge is 0.322 e. The average Bonchev–Trinajstić information content (AvgIpc) is 2.75. The van der Waals surface area contributed by atoms with Gasteiger partial charge in [0.1, 0.15) is 6.04 Å². The second-order valence-electron chi connectivity index (χ2n) is 4.93. The first-order valence-electron chi connectivity index (χ1n) is 5.93. The van der Waals surface area contributed by atoms with Crippen LogP contribution in [0, 0.1) is 5.92 Å². The van der Waals surface area contributed by atoms with E-state index >= 15 is 0 Å². The Balaban J connectivity index is 3.00. The summed E-state index contributed by atoms with van der Waals surface area (Å²) >= 11 is 0. The number of sulfonamides is 1. The molecule has 1 rings (SSSR count). The lowest BCUT2D eigenvalue weighted by atomic mass is 10.1. The molecule has 0 aromatic carbocycles. The number of carboxylic acid groups (broad SMARTS) is 1. The van der Waals surface area contributed by atoms with E-state index in [0.29, 0.717) is 0 Å². The maximum absolute atomic E-state index is 12.0. The van der Waals surface area contributed by atoms with Crippen molar-refractivity contribution in [3.05, 3.63) is 12.5 Å². The Kier molecular flexibility index (Phi) is 4.70. The van der Waals surface area contributed by atoms with Crippen molar-refractivity contribution in [2.24, 2.45) is 5.92 Å². The largest absolute Gasteiger partial charge is 0.480 e. The van der Waals surface area contributed by atoms with Crippen molar-refractivity contribution in [3.8, 4) is 0 Å². The van der Waals surface area contributed by atoms with Crippen LogP contribution in [-0.4, -0.2) is 35.1 Å². The number of nitrogens with zero attached hydrogens (tertiary/aromatic N) is 2. The second-order valence-corrected chi connectivity index (χ2v) is 6.59. The fourth-order valence-electron chi connectivity index (χ4n) is 1.44. The molecule has 7 nitrogen and oxygen atoms in total. The van der Waals surface area contributed by atoms with Gasteiger partial charge in [-0.3, -0.25) is 4.79 Å². The zero-order chi connectivity index (χ0) is 14.8. The monoisotopic (exact) mass is 289 g/mol. The first-order valence-corrected chi connectivity index (χ1v) is 7.42.